The zero-order valence-electron chi connectivity index (χ0n) is 12.6. The summed E-state index contributed by atoms with van der Waals surface area (Å²) in [5, 5.41) is 7.95. The van der Waals surface area contributed by atoms with Gasteiger partial charge >= 0.3 is 0 Å². The Morgan fingerprint density at radius 1 is 1.47 bits per heavy atom. The van der Waals surface area contributed by atoms with Gasteiger partial charge in [-0.2, -0.15) is 5.10 Å². The van der Waals surface area contributed by atoms with E-state index >= 15 is 0 Å². The van der Waals surface area contributed by atoms with Crippen LogP contribution in [0.3, 0.4) is 0 Å². The molecule has 0 aromatic carbocycles. The summed E-state index contributed by atoms with van der Waals surface area (Å²) < 4.78 is 7.46. The van der Waals surface area contributed by atoms with E-state index in [-0.39, 0.29) is 0 Å². The van der Waals surface area contributed by atoms with Crippen LogP contribution in [0.4, 0.5) is 0 Å². The van der Waals surface area contributed by atoms with Crippen LogP contribution in [0, 0.1) is 11.8 Å². The van der Waals surface area contributed by atoms with Gasteiger partial charge in [0.05, 0.1) is 19.0 Å². The molecule has 1 heterocycles. The molecular weight excluding hydrogens is 238 g/mol. The first kappa shape index (κ1) is 14.4. The summed E-state index contributed by atoms with van der Waals surface area (Å²) in [6.07, 6.45) is 5.72. The first-order valence-corrected chi connectivity index (χ1v) is 7.40. The smallest absolute Gasteiger partial charge is 0.160 e. The number of nitrogens with one attached hydrogen (secondary N) is 1. The lowest BCUT2D eigenvalue weighted by molar-refractivity contribution is 0.377. The van der Waals surface area contributed by atoms with Gasteiger partial charge in [0.2, 0.25) is 0 Å². The van der Waals surface area contributed by atoms with Crippen LogP contribution >= 0.6 is 0 Å². The van der Waals surface area contributed by atoms with Crippen LogP contribution in [-0.2, 0) is 7.05 Å². The maximum Gasteiger partial charge on any atom is 0.160 e. The maximum absolute atomic E-state index is 5.47. The first-order chi connectivity index (χ1) is 9.13. The molecule has 4 heteroatoms. The highest BCUT2D eigenvalue weighted by molar-refractivity contribution is 5.30. The second kappa shape index (κ2) is 6.42. The maximum atomic E-state index is 5.47. The minimum absolute atomic E-state index is 0.585. The topological polar surface area (TPSA) is 39.1 Å². The molecule has 0 amide bonds. The van der Waals surface area contributed by atoms with Crippen molar-refractivity contribution >= 4 is 0 Å². The van der Waals surface area contributed by atoms with E-state index in [1.807, 2.05) is 17.9 Å². The fraction of sp³-hybridized carbons (Fsp3) is 0.800. The fourth-order valence-corrected chi connectivity index (χ4v) is 3.21. The Labute approximate surface area is 116 Å². The van der Waals surface area contributed by atoms with Crippen molar-refractivity contribution in [2.45, 2.75) is 39.0 Å². The summed E-state index contributed by atoms with van der Waals surface area (Å²) in [7, 11) is 3.76. The predicted molar refractivity (Wildman–Crippen MR) is 77.5 cm³/mol. The Kier molecular flexibility index (Phi) is 4.86. The van der Waals surface area contributed by atoms with Crippen molar-refractivity contribution in [2.75, 3.05) is 20.2 Å². The highest BCUT2D eigenvalue weighted by Gasteiger charge is 2.32. The Hall–Kier alpha value is -1.03. The highest BCUT2D eigenvalue weighted by atomic mass is 16.5. The minimum Gasteiger partial charge on any atom is -0.493 e. The molecule has 1 aromatic rings. The van der Waals surface area contributed by atoms with E-state index < -0.39 is 0 Å². The van der Waals surface area contributed by atoms with Gasteiger partial charge in [0.15, 0.2) is 5.75 Å². The number of aromatic nitrogens is 2. The van der Waals surface area contributed by atoms with E-state index in [9.17, 15) is 0 Å². The molecule has 1 aliphatic rings. The average molecular weight is 265 g/mol. The third-order valence-corrected chi connectivity index (χ3v) is 4.14. The molecule has 1 aliphatic carbocycles. The first-order valence-electron chi connectivity index (χ1n) is 7.40. The third kappa shape index (κ3) is 3.30. The van der Waals surface area contributed by atoms with Crippen LogP contribution in [0.1, 0.15) is 44.7 Å². The number of rotatable bonds is 6. The fourth-order valence-electron chi connectivity index (χ4n) is 3.21. The molecule has 2 unspecified atom stereocenters. The van der Waals surface area contributed by atoms with Crippen LogP contribution in [0.15, 0.2) is 6.20 Å². The largest absolute Gasteiger partial charge is 0.493 e. The number of aryl methyl sites for hydroxylation is 1. The standard InChI is InChI=1S/C15H27N3O/c1-11(2)8-16-9-12-6-5-7-13(12)15-14(19-4)10-17-18(15)3/h10-13,16H,5-9H2,1-4H3. The summed E-state index contributed by atoms with van der Waals surface area (Å²) in [6.45, 7) is 6.72. The summed E-state index contributed by atoms with van der Waals surface area (Å²) in [5.41, 5.74) is 1.27. The van der Waals surface area contributed by atoms with Crippen molar-refractivity contribution in [2.24, 2.45) is 18.9 Å². The molecule has 108 valence electrons. The molecule has 1 fully saturated rings. The van der Waals surface area contributed by atoms with E-state index in [2.05, 4.69) is 24.3 Å². The molecular formula is C15H27N3O. The second-order valence-electron chi connectivity index (χ2n) is 6.07. The summed E-state index contributed by atoms with van der Waals surface area (Å²) in [5.74, 6) is 2.96. The average Bonchev–Trinajstić information content (AvgIpc) is 2.94. The van der Waals surface area contributed by atoms with Gasteiger partial charge in [-0.1, -0.05) is 20.3 Å². The molecule has 0 saturated heterocycles. The summed E-state index contributed by atoms with van der Waals surface area (Å²) >= 11 is 0. The van der Waals surface area contributed by atoms with Gasteiger partial charge in [-0.05, 0) is 37.8 Å². The lowest BCUT2D eigenvalue weighted by atomic mass is 9.92. The van der Waals surface area contributed by atoms with Crippen LogP contribution in [-0.4, -0.2) is 30.0 Å². The lowest BCUT2D eigenvalue weighted by Crippen LogP contribution is -2.28. The van der Waals surface area contributed by atoms with Gasteiger partial charge < -0.3 is 10.1 Å². The molecule has 0 radical (unpaired) electrons. The number of nitrogens with zero attached hydrogens (tertiary/aromatic N) is 2. The van der Waals surface area contributed by atoms with Gasteiger partial charge in [0, 0.05) is 13.0 Å². The van der Waals surface area contributed by atoms with Crippen molar-refractivity contribution in [3.05, 3.63) is 11.9 Å². The Balaban J connectivity index is 2.03. The van der Waals surface area contributed by atoms with Crippen LogP contribution in [0.25, 0.3) is 0 Å². The zero-order chi connectivity index (χ0) is 13.8. The van der Waals surface area contributed by atoms with E-state index in [1.165, 1.54) is 25.0 Å². The van der Waals surface area contributed by atoms with Gasteiger partial charge in [0.1, 0.15) is 0 Å². The Morgan fingerprint density at radius 2 is 2.26 bits per heavy atom. The summed E-state index contributed by atoms with van der Waals surface area (Å²) in [4.78, 5) is 0. The molecule has 0 bridgehead atoms. The number of hydrogen-bond acceptors (Lipinski definition) is 3. The molecule has 1 aromatic heterocycles. The van der Waals surface area contributed by atoms with Gasteiger partial charge in [0.25, 0.3) is 0 Å². The van der Waals surface area contributed by atoms with Crippen molar-refractivity contribution in [3.63, 3.8) is 0 Å². The van der Waals surface area contributed by atoms with Crippen molar-refractivity contribution in [3.8, 4) is 5.75 Å². The molecule has 0 aliphatic heterocycles. The molecule has 0 spiro atoms. The van der Waals surface area contributed by atoms with E-state index in [1.54, 1.807) is 7.11 Å². The van der Waals surface area contributed by atoms with Crippen LogP contribution < -0.4 is 10.1 Å². The lowest BCUT2D eigenvalue weighted by Gasteiger charge is -2.22. The van der Waals surface area contributed by atoms with E-state index in [0.717, 1.165) is 18.8 Å². The SMILES string of the molecule is COc1cnn(C)c1C1CCCC1CNCC(C)C. The number of methoxy groups -OCH3 is 1. The van der Waals surface area contributed by atoms with Gasteiger partial charge in [-0.15, -0.1) is 0 Å². The molecule has 1 saturated carbocycles. The highest BCUT2D eigenvalue weighted by Crippen LogP contribution is 2.42. The van der Waals surface area contributed by atoms with Crippen LogP contribution in [0.5, 0.6) is 5.75 Å². The van der Waals surface area contributed by atoms with Crippen LogP contribution in [0.2, 0.25) is 0 Å². The molecule has 1 N–H and O–H groups in total. The molecule has 2 rings (SSSR count). The van der Waals surface area contributed by atoms with Gasteiger partial charge in [-0.25, -0.2) is 0 Å². The molecule has 19 heavy (non-hydrogen) atoms. The molecule has 2 atom stereocenters. The number of hydrogen-bond donors (Lipinski definition) is 1. The molecule has 4 nitrogen and oxygen atoms in total. The zero-order valence-corrected chi connectivity index (χ0v) is 12.6. The quantitative estimate of drug-likeness (QED) is 0.859. The third-order valence-electron chi connectivity index (χ3n) is 4.14. The summed E-state index contributed by atoms with van der Waals surface area (Å²) in [6, 6.07) is 0. The van der Waals surface area contributed by atoms with Crippen molar-refractivity contribution in [1.82, 2.24) is 15.1 Å². The predicted octanol–water partition coefficient (Wildman–Crippen LogP) is 2.56. The van der Waals surface area contributed by atoms with Gasteiger partial charge in [-0.3, -0.25) is 4.68 Å². The minimum atomic E-state index is 0.585. The van der Waals surface area contributed by atoms with Crippen molar-refractivity contribution < 1.29 is 4.74 Å². The Bertz CT molecular complexity index is 400. The van der Waals surface area contributed by atoms with E-state index in [4.69, 9.17) is 4.74 Å². The monoisotopic (exact) mass is 265 g/mol. The second-order valence-corrected chi connectivity index (χ2v) is 6.07. The normalized spacial score (nSPS) is 23.2. The number of ether oxygens (including phenoxy) is 1. The Morgan fingerprint density at radius 3 is 2.95 bits per heavy atom. The van der Waals surface area contributed by atoms with Crippen molar-refractivity contribution in [1.29, 1.82) is 0 Å². The van der Waals surface area contributed by atoms with E-state index in [0.29, 0.717) is 17.8 Å².